The van der Waals surface area contributed by atoms with E-state index in [1.54, 1.807) is 0 Å². The van der Waals surface area contributed by atoms with Gasteiger partial charge >= 0.3 is 0 Å². The Hall–Kier alpha value is -1.51. The fraction of sp³-hybridized carbons (Fsp3) is 0.100. The molecule has 0 aliphatic heterocycles. The zero-order chi connectivity index (χ0) is 9.26. The molecule has 0 unspecified atom stereocenters. The molecule has 1 aromatic carbocycles. The lowest BCUT2D eigenvalue weighted by molar-refractivity contribution is 1.05. The highest BCUT2D eigenvalue weighted by Crippen LogP contribution is 2.15. The Labute approximate surface area is 78.4 Å². The van der Waals surface area contributed by atoms with Crippen molar-refractivity contribution in [3.8, 4) is 11.3 Å². The summed E-state index contributed by atoms with van der Waals surface area (Å²) in [6.45, 7) is 1.97. The lowest BCUT2D eigenvalue weighted by atomic mass is 9.94. The molecule has 0 spiro atoms. The van der Waals surface area contributed by atoms with Crippen molar-refractivity contribution in [3.63, 3.8) is 0 Å². The molecule has 0 atom stereocenters. The zero-order valence-electron chi connectivity index (χ0n) is 7.41. The number of aryl methyl sites for hydroxylation is 1. The molecule has 2 nitrogen and oxygen atoms in total. The molecule has 0 aliphatic carbocycles. The maximum atomic E-state index is 5.66. The van der Waals surface area contributed by atoms with Gasteiger partial charge in [0, 0.05) is 11.3 Å². The van der Waals surface area contributed by atoms with Gasteiger partial charge in [-0.2, -0.15) is 5.10 Å². The number of rotatable bonds is 1. The van der Waals surface area contributed by atoms with Crippen molar-refractivity contribution in [2.75, 3.05) is 0 Å². The summed E-state index contributed by atoms with van der Waals surface area (Å²) >= 11 is 0. The first kappa shape index (κ1) is 8.11. The van der Waals surface area contributed by atoms with Crippen molar-refractivity contribution in [3.05, 3.63) is 36.0 Å². The number of hydrogen-bond acceptors (Lipinski definition) is 1. The molecule has 62 valence electrons. The molecule has 0 bridgehead atoms. The molecule has 0 amide bonds. The van der Waals surface area contributed by atoms with Crippen LogP contribution in [0, 0.1) is 6.92 Å². The minimum atomic E-state index is 0.762. The summed E-state index contributed by atoms with van der Waals surface area (Å²) in [4.78, 5) is 0. The molecule has 1 N–H and O–H groups in total. The number of hydrogen-bond donors (Lipinski definition) is 1. The van der Waals surface area contributed by atoms with Gasteiger partial charge in [0.2, 0.25) is 0 Å². The molecular formula is C10H9BN2. The van der Waals surface area contributed by atoms with E-state index in [9.17, 15) is 0 Å². The van der Waals surface area contributed by atoms with Gasteiger partial charge in [-0.3, -0.25) is 5.10 Å². The summed E-state index contributed by atoms with van der Waals surface area (Å²) in [5.74, 6) is 0. The highest BCUT2D eigenvalue weighted by Gasteiger charge is 2.00. The average Bonchev–Trinajstić information content (AvgIpc) is 2.52. The van der Waals surface area contributed by atoms with E-state index in [1.807, 2.05) is 37.3 Å². The van der Waals surface area contributed by atoms with Crippen LogP contribution in [0.2, 0.25) is 0 Å². The minimum Gasteiger partial charge on any atom is -0.282 e. The quantitative estimate of drug-likeness (QED) is 0.636. The van der Waals surface area contributed by atoms with Gasteiger partial charge in [0.25, 0.3) is 0 Å². The largest absolute Gasteiger partial charge is 0.282 e. The molecule has 2 radical (unpaired) electrons. The second-order valence-electron chi connectivity index (χ2n) is 3.06. The number of aromatic nitrogens is 2. The Balaban J connectivity index is 2.46. The summed E-state index contributed by atoms with van der Waals surface area (Å²) in [5, 5.41) is 7.04. The molecule has 2 aromatic rings. The second-order valence-corrected chi connectivity index (χ2v) is 3.06. The van der Waals surface area contributed by atoms with E-state index < -0.39 is 0 Å². The van der Waals surface area contributed by atoms with Crippen LogP contribution < -0.4 is 5.46 Å². The molecule has 0 fully saturated rings. The average molecular weight is 168 g/mol. The van der Waals surface area contributed by atoms with Crippen molar-refractivity contribution in [1.82, 2.24) is 10.2 Å². The summed E-state index contributed by atoms with van der Waals surface area (Å²) in [7, 11) is 5.66. The van der Waals surface area contributed by atoms with Crippen LogP contribution in [0.5, 0.6) is 0 Å². The van der Waals surface area contributed by atoms with Crippen molar-refractivity contribution in [2.45, 2.75) is 6.92 Å². The Morgan fingerprint density at radius 1 is 1.31 bits per heavy atom. The van der Waals surface area contributed by atoms with E-state index in [4.69, 9.17) is 7.85 Å². The number of aromatic amines is 1. The lowest BCUT2D eigenvalue weighted by Crippen LogP contribution is -2.00. The number of nitrogens with zero attached hydrogens (tertiary/aromatic N) is 1. The molecule has 0 aliphatic rings. The van der Waals surface area contributed by atoms with E-state index >= 15 is 0 Å². The Morgan fingerprint density at radius 2 is 2.15 bits per heavy atom. The van der Waals surface area contributed by atoms with Gasteiger partial charge in [0.1, 0.15) is 7.85 Å². The van der Waals surface area contributed by atoms with Crippen molar-refractivity contribution < 1.29 is 0 Å². The molecule has 3 heteroatoms. The Bertz CT molecular complexity index is 420. The summed E-state index contributed by atoms with van der Waals surface area (Å²) in [5.41, 5.74) is 3.80. The molecule has 13 heavy (non-hydrogen) atoms. The third kappa shape index (κ3) is 1.64. The predicted molar refractivity (Wildman–Crippen MR) is 54.1 cm³/mol. The molecule has 1 aromatic heterocycles. The van der Waals surface area contributed by atoms with Gasteiger partial charge in [0.15, 0.2) is 0 Å². The lowest BCUT2D eigenvalue weighted by Gasteiger charge is -1.96. The number of nitrogens with one attached hydrogen (secondary N) is 1. The molecular weight excluding hydrogens is 159 g/mol. The van der Waals surface area contributed by atoms with Crippen LogP contribution in [0.25, 0.3) is 11.3 Å². The SMILES string of the molecule is [B]c1cccc(-c2cc(C)[nH]n2)c1. The van der Waals surface area contributed by atoms with Gasteiger partial charge in [0.05, 0.1) is 5.69 Å². The first-order chi connectivity index (χ1) is 6.25. The fourth-order valence-electron chi connectivity index (χ4n) is 1.26. The standard InChI is InChI=1S/C10H9BN2/c1-7-5-10(13-12-7)8-3-2-4-9(11)6-8/h2-6H,1H3,(H,12,13). The third-order valence-corrected chi connectivity index (χ3v) is 1.89. The van der Waals surface area contributed by atoms with Crippen molar-refractivity contribution >= 4 is 13.3 Å². The van der Waals surface area contributed by atoms with Crippen LogP contribution in [0.4, 0.5) is 0 Å². The zero-order valence-corrected chi connectivity index (χ0v) is 7.41. The molecule has 1 heterocycles. The van der Waals surface area contributed by atoms with Crippen LogP contribution >= 0.6 is 0 Å². The second kappa shape index (κ2) is 3.09. The maximum Gasteiger partial charge on any atom is 0.113 e. The first-order valence-corrected chi connectivity index (χ1v) is 4.13. The normalized spacial score (nSPS) is 10.2. The van der Waals surface area contributed by atoms with Crippen LogP contribution in [0.1, 0.15) is 5.69 Å². The topological polar surface area (TPSA) is 28.7 Å². The van der Waals surface area contributed by atoms with E-state index in [2.05, 4.69) is 10.2 Å². The summed E-state index contributed by atoms with van der Waals surface area (Å²) < 4.78 is 0. The first-order valence-electron chi connectivity index (χ1n) is 4.13. The molecule has 0 saturated carbocycles. The smallest absolute Gasteiger partial charge is 0.113 e. The Morgan fingerprint density at radius 3 is 2.77 bits per heavy atom. The van der Waals surface area contributed by atoms with E-state index in [-0.39, 0.29) is 0 Å². The number of benzene rings is 1. The fourth-order valence-corrected chi connectivity index (χ4v) is 1.26. The van der Waals surface area contributed by atoms with Crippen LogP contribution in [-0.4, -0.2) is 18.0 Å². The van der Waals surface area contributed by atoms with Crippen LogP contribution in [0.3, 0.4) is 0 Å². The van der Waals surface area contributed by atoms with Gasteiger partial charge in [-0.15, -0.1) is 0 Å². The van der Waals surface area contributed by atoms with Gasteiger partial charge in [-0.05, 0) is 13.0 Å². The van der Waals surface area contributed by atoms with Crippen LogP contribution in [0.15, 0.2) is 30.3 Å². The van der Waals surface area contributed by atoms with Crippen molar-refractivity contribution in [1.29, 1.82) is 0 Å². The highest BCUT2D eigenvalue weighted by atomic mass is 15.1. The van der Waals surface area contributed by atoms with E-state index in [0.717, 1.165) is 22.4 Å². The number of H-pyrrole nitrogens is 1. The van der Waals surface area contributed by atoms with Crippen molar-refractivity contribution in [2.24, 2.45) is 0 Å². The van der Waals surface area contributed by atoms with E-state index in [0.29, 0.717) is 0 Å². The third-order valence-electron chi connectivity index (χ3n) is 1.89. The molecule has 0 saturated heterocycles. The van der Waals surface area contributed by atoms with Gasteiger partial charge < -0.3 is 0 Å². The summed E-state index contributed by atoms with van der Waals surface area (Å²) in [6, 6.07) is 9.69. The van der Waals surface area contributed by atoms with Crippen LogP contribution in [-0.2, 0) is 0 Å². The summed E-state index contributed by atoms with van der Waals surface area (Å²) in [6.07, 6.45) is 0. The molecule has 2 rings (SSSR count). The van der Waals surface area contributed by atoms with Gasteiger partial charge in [-0.25, -0.2) is 0 Å². The highest BCUT2D eigenvalue weighted by molar-refractivity contribution is 6.32. The maximum absolute atomic E-state index is 5.66. The minimum absolute atomic E-state index is 0.762. The predicted octanol–water partition coefficient (Wildman–Crippen LogP) is 1.18. The van der Waals surface area contributed by atoms with E-state index in [1.165, 1.54) is 0 Å². The monoisotopic (exact) mass is 168 g/mol. The Kier molecular flexibility index (Phi) is 1.93. The van der Waals surface area contributed by atoms with Gasteiger partial charge in [-0.1, -0.05) is 29.7 Å².